The Morgan fingerprint density at radius 2 is 1.86 bits per heavy atom. The average Bonchev–Trinajstić information content (AvgIpc) is 2.67. The van der Waals surface area contributed by atoms with Gasteiger partial charge in [0.1, 0.15) is 5.82 Å². The Hall–Kier alpha value is -2.60. The van der Waals surface area contributed by atoms with Gasteiger partial charge >= 0.3 is 6.03 Å². The Kier molecular flexibility index (Phi) is 6.87. The Balaban J connectivity index is 1.39. The topological polar surface area (TPSA) is 61.4 Å². The number of piperidine rings is 1. The molecular formula is C21H23ClFN3O2. The van der Waals surface area contributed by atoms with Crippen molar-refractivity contribution in [1.29, 1.82) is 0 Å². The predicted molar refractivity (Wildman–Crippen MR) is 108 cm³/mol. The molecule has 0 radical (unpaired) electrons. The van der Waals surface area contributed by atoms with E-state index >= 15 is 0 Å². The minimum atomic E-state index is -0.310. The Labute approximate surface area is 168 Å². The van der Waals surface area contributed by atoms with Gasteiger partial charge in [-0.05, 0) is 54.7 Å². The van der Waals surface area contributed by atoms with Gasteiger partial charge < -0.3 is 15.5 Å². The van der Waals surface area contributed by atoms with E-state index in [1.165, 1.54) is 12.1 Å². The fraction of sp³-hybridized carbons (Fsp3) is 0.333. The van der Waals surface area contributed by atoms with Gasteiger partial charge in [0.2, 0.25) is 5.91 Å². The highest BCUT2D eigenvalue weighted by Crippen LogP contribution is 2.22. The monoisotopic (exact) mass is 403 g/mol. The Morgan fingerprint density at radius 3 is 2.57 bits per heavy atom. The Bertz CT molecular complexity index is 838. The predicted octanol–water partition coefficient (Wildman–Crippen LogP) is 4.43. The van der Waals surface area contributed by atoms with E-state index in [2.05, 4.69) is 10.6 Å². The molecule has 1 aliphatic rings. The van der Waals surface area contributed by atoms with Gasteiger partial charge in [0.25, 0.3) is 0 Å². The lowest BCUT2D eigenvalue weighted by Crippen LogP contribution is -2.41. The first kappa shape index (κ1) is 20.1. The van der Waals surface area contributed by atoms with Crippen LogP contribution in [0.25, 0.3) is 0 Å². The first-order valence-electron chi connectivity index (χ1n) is 9.32. The summed E-state index contributed by atoms with van der Waals surface area (Å²) in [5.41, 5.74) is 1.40. The van der Waals surface area contributed by atoms with Gasteiger partial charge in [0.15, 0.2) is 0 Å². The summed E-state index contributed by atoms with van der Waals surface area (Å²) in [6.45, 7) is 1.53. The van der Waals surface area contributed by atoms with Crippen molar-refractivity contribution in [2.45, 2.75) is 25.8 Å². The van der Waals surface area contributed by atoms with Gasteiger partial charge in [-0.3, -0.25) is 4.79 Å². The number of benzene rings is 2. The molecule has 1 aliphatic heterocycles. The second-order valence-electron chi connectivity index (χ2n) is 6.98. The molecule has 0 saturated carbocycles. The maximum Gasteiger partial charge on any atom is 0.321 e. The standard InChI is InChI=1S/C21H23ClFN3O2/c22-17-4-2-6-19(13-17)25-21(28)26-9-7-15(8-10-26)12-20(27)24-14-16-3-1-5-18(23)11-16/h1-6,11,13,15H,7-10,12,14H2,(H,24,27)(H,25,28). The summed E-state index contributed by atoms with van der Waals surface area (Å²) in [5, 5.41) is 6.25. The third kappa shape index (κ3) is 5.96. The minimum Gasteiger partial charge on any atom is -0.352 e. The second-order valence-corrected chi connectivity index (χ2v) is 7.42. The number of carbonyl (C=O) groups is 2. The summed E-state index contributed by atoms with van der Waals surface area (Å²) in [6, 6.07) is 13.1. The van der Waals surface area contributed by atoms with Crippen molar-refractivity contribution in [2.75, 3.05) is 18.4 Å². The van der Waals surface area contributed by atoms with E-state index in [4.69, 9.17) is 11.6 Å². The molecule has 1 heterocycles. The van der Waals surface area contributed by atoms with Crippen LogP contribution in [0, 0.1) is 11.7 Å². The van der Waals surface area contributed by atoms with Crippen molar-refractivity contribution in [3.63, 3.8) is 0 Å². The number of anilines is 1. The molecule has 1 saturated heterocycles. The van der Waals surface area contributed by atoms with Crippen LogP contribution in [0.2, 0.25) is 5.02 Å². The van der Waals surface area contributed by atoms with Gasteiger partial charge in [-0.25, -0.2) is 9.18 Å². The zero-order valence-corrected chi connectivity index (χ0v) is 16.2. The van der Waals surface area contributed by atoms with Gasteiger partial charge in [0, 0.05) is 36.8 Å². The lowest BCUT2D eigenvalue weighted by atomic mass is 9.93. The van der Waals surface area contributed by atoms with E-state index in [9.17, 15) is 14.0 Å². The minimum absolute atomic E-state index is 0.0499. The van der Waals surface area contributed by atoms with Crippen LogP contribution in [-0.4, -0.2) is 29.9 Å². The first-order valence-corrected chi connectivity index (χ1v) is 9.70. The molecule has 2 aromatic rings. The van der Waals surface area contributed by atoms with E-state index in [0.717, 1.165) is 18.4 Å². The number of hydrogen-bond acceptors (Lipinski definition) is 2. The molecular weight excluding hydrogens is 381 g/mol. The van der Waals surface area contributed by atoms with E-state index in [-0.39, 0.29) is 23.7 Å². The molecule has 0 aliphatic carbocycles. The number of urea groups is 1. The van der Waals surface area contributed by atoms with Crippen molar-refractivity contribution in [3.8, 4) is 0 Å². The lowest BCUT2D eigenvalue weighted by Gasteiger charge is -2.31. The van der Waals surface area contributed by atoms with Crippen LogP contribution in [0.5, 0.6) is 0 Å². The summed E-state index contributed by atoms with van der Waals surface area (Å²) in [6.07, 6.45) is 1.96. The molecule has 0 atom stereocenters. The molecule has 0 bridgehead atoms. The van der Waals surface area contributed by atoms with Crippen molar-refractivity contribution in [3.05, 3.63) is 64.9 Å². The van der Waals surface area contributed by atoms with Gasteiger partial charge in [-0.15, -0.1) is 0 Å². The van der Waals surface area contributed by atoms with Crippen LogP contribution in [-0.2, 0) is 11.3 Å². The molecule has 3 amide bonds. The first-order chi connectivity index (χ1) is 13.5. The quantitative estimate of drug-likeness (QED) is 0.775. The number of rotatable bonds is 5. The third-order valence-corrected chi connectivity index (χ3v) is 5.07. The lowest BCUT2D eigenvalue weighted by molar-refractivity contribution is -0.122. The number of amides is 3. The van der Waals surface area contributed by atoms with Crippen LogP contribution in [0.4, 0.5) is 14.9 Å². The smallest absolute Gasteiger partial charge is 0.321 e. The summed E-state index contributed by atoms with van der Waals surface area (Å²) >= 11 is 5.93. The average molecular weight is 404 g/mol. The zero-order chi connectivity index (χ0) is 19.9. The molecule has 28 heavy (non-hydrogen) atoms. The normalized spacial score (nSPS) is 14.6. The van der Waals surface area contributed by atoms with E-state index < -0.39 is 0 Å². The highest BCUT2D eigenvalue weighted by Gasteiger charge is 2.24. The molecule has 0 spiro atoms. The largest absolute Gasteiger partial charge is 0.352 e. The molecule has 0 unspecified atom stereocenters. The van der Waals surface area contributed by atoms with Crippen LogP contribution in [0.15, 0.2) is 48.5 Å². The van der Waals surface area contributed by atoms with E-state index in [1.54, 1.807) is 41.3 Å². The molecule has 7 heteroatoms. The number of halogens is 2. The van der Waals surface area contributed by atoms with Gasteiger partial charge in [-0.1, -0.05) is 29.8 Å². The number of nitrogens with zero attached hydrogens (tertiary/aromatic N) is 1. The molecule has 5 nitrogen and oxygen atoms in total. The number of likely N-dealkylation sites (tertiary alicyclic amines) is 1. The number of hydrogen-bond donors (Lipinski definition) is 2. The molecule has 0 aromatic heterocycles. The maximum absolute atomic E-state index is 13.2. The molecule has 1 fully saturated rings. The van der Waals surface area contributed by atoms with Crippen LogP contribution >= 0.6 is 11.6 Å². The maximum atomic E-state index is 13.2. The zero-order valence-electron chi connectivity index (χ0n) is 15.5. The second kappa shape index (κ2) is 9.55. The fourth-order valence-electron chi connectivity index (χ4n) is 3.29. The van der Waals surface area contributed by atoms with Crippen molar-refractivity contribution in [1.82, 2.24) is 10.2 Å². The van der Waals surface area contributed by atoms with Crippen molar-refractivity contribution in [2.24, 2.45) is 5.92 Å². The van der Waals surface area contributed by atoms with E-state index in [0.29, 0.717) is 36.8 Å². The van der Waals surface area contributed by atoms with Gasteiger partial charge in [-0.2, -0.15) is 0 Å². The molecule has 148 valence electrons. The summed E-state index contributed by atoms with van der Waals surface area (Å²) in [7, 11) is 0. The van der Waals surface area contributed by atoms with Crippen molar-refractivity contribution < 1.29 is 14.0 Å². The van der Waals surface area contributed by atoms with Crippen LogP contribution < -0.4 is 10.6 Å². The highest BCUT2D eigenvalue weighted by atomic mass is 35.5. The number of carbonyl (C=O) groups excluding carboxylic acids is 2. The molecule has 3 rings (SSSR count). The van der Waals surface area contributed by atoms with Gasteiger partial charge in [0.05, 0.1) is 0 Å². The molecule has 2 aromatic carbocycles. The van der Waals surface area contributed by atoms with Crippen LogP contribution in [0.3, 0.4) is 0 Å². The fourth-order valence-corrected chi connectivity index (χ4v) is 3.48. The summed E-state index contributed by atoms with van der Waals surface area (Å²) in [4.78, 5) is 26.3. The number of nitrogens with one attached hydrogen (secondary N) is 2. The summed E-state index contributed by atoms with van der Waals surface area (Å²) in [5.74, 6) is -0.121. The summed E-state index contributed by atoms with van der Waals surface area (Å²) < 4.78 is 13.2. The van der Waals surface area contributed by atoms with Crippen LogP contribution in [0.1, 0.15) is 24.8 Å². The highest BCUT2D eigenvalue weighted by molar-refractivity contribution is 6.30. The third-order valence-electron chi connectivity index (χ3n) is 4.83. The molecule has 2 N–H and O–H groups in total. The SMILES string of the molecule is O=C(CC1CCN(C(=O)Nc2cccc(Cl)c2)CC1)NCc1cccc(F)c1. The van der Waals surface area contributed by atoms with E-state index in [1.807, 2.05) is 0 Å². The van der Waals surface area contributed by atoms with Crippen molar-refractivity contribution >= 4 is 29.2 Å². The Morgan fingerprint density at radius 1 is 1.11 bits per heavy atom.